The number of hydrogen-bond acceptors (Lipinski definition) is 7. The molecule has 1 saturated carbocycles. The van der Waals surface area contributed by atoms with E-state index in [1.54, 1.807) is 7.11 Å². The van der Waals surface area contributed by atoms with Crippen molar-refractivity contribution < 1.29 is 28.3 Å². The first-order valence-corrected chi connectivity index (χ1v) is 10.8. The molecule has 3 atom stereocenters. The minimum atomic E-state index is -2.74. The van der Waals surface area contributed by atoms with Gasteiger partial charge < -0.3 is 14.1 Å². The number of ether oxygens (including phenoxy) is 1. The van der Waals surface area contributed by atoms with Crippen molar-refractivity contribution in [3.63, 3.8) is 0 Å². The van der Waals surface area contributed by atoms with Gasteiger partial charge in [0, 0.05) is 38.0 Å². The zero-order valence-electron chi connectivity index (χ0n) is 16.9. The van der Waals surface area contributed by atoms with Gasteiger partial charge in [-0.1, -0.05) is 29.1 Å². The van der Waals surface area contributed by atoms with Crippen LogP contribution in [0.25, 0.3) is 0 Å². The van der Waals surface area contributed by atoms with Crippen LogP contribution in [0.5, 0.6) is 0 Å². The summed E-state index contributed by atoms with van der Waals surface area (Å²) in [5, 5.41) is 12.9. The van der Waals surface area contributed by atoms with Gasteiger partial charge in [0.1, 0.15) is 10.9 Å². The Hall–Kier alpha value is -2.25. The molecule has 2 aliphatic rings. The third kappa shape index (κ3) is 5.08. The van der Waals surface area contributed by atoms with Gasteiger partial charge in [-0.3, -0.25) is 14.2 Å². The van der Waals surface area contributed by atoms with Crippen LogP contribution in [0.2, 0.25) is 0 Å². The number of rotatable bonds is 7. The number of benzene rings is 1. The van der Waals surface area contributed by atoms with Crippen molar-refractivity contribution in [1.29, 1.82) is 0 Å². The van der Waals surface area contributed by atoms with Gasteiger partial charge in [0.2, 0.25) is 0 Å². The molecule has 1 aromatic carbocycles. The number of carbonyl (C=O) groups is 1. The molecule has 162 valence electrons. The molecule has 1 aromatic rings. The standard InChI is InChI=1S/C21H26N2O6S/c1-21(30(26)27,20(24)22-25)12-18-11-19(23-29-18)17-7-5-14(6-8-17)3-4-15-9-16(10-15)13-28-2/h5-8,15-16,18,25H,9-13H2,1-2H3,(H,22,24)(H,26,27)/p-1/t15?,16?,18-,21-/m1/s1. The molecule has 1 aliphatic carbocycles. The van der Waals surface area contributed by atoms with E-state index in [-0.39, 0.29) is 6.42 Å². The Morgan fingerprint density at radius 2 is 2.13 bits per heavy atom. The van der Waals surface area contributed by atoms with Gasteiger partial charge in [-0.05, 0) is 54.5 Å². The number of hydroxylamine groups is 1. The van der Waals surface area contributed by atoms with Crippen molar-refractivity contribution in [1.82, 2.24) is 5.48 Å². The molecular weight excluding hydrogens is 408 g/mol. The summed E-state index contributed by atoms with van der Waals surface area (Å²) in [6.45, 7) is 2.03. The lowest BCUT2D eigenvalue weighted by atomic mass is 9.76. The lowest BCUT2D eigenvalue weighted by Crippen LogP contribution is -2.48. The smallest absolute Gasteiger partial charge is 0.260 e. The lowest BCUT2D eigenvalue weighted by Gasteiger charge is -2.30. The first-order chi connectivity index (χ1) is 14.4. The van der Waals surface area contributed by atoms with Crippen LogP contribution in [0.1, 0.15) is 43.7 Å². The van der Waals surface area contributed by atoms with E-state index in [1.807, 2.05) is 24.3 Å². The Bertz CT molecular complexity index is 885. The van der Waals surface area contributed by atoms with E-state index in [0.29, 0.717) is 24.0 Å². The number of methoxy groups -OCH3 is 1. The highest BCUT2D eigenvalue weighted by atomic mass is 32.2. The minimum Gasteiger partial charge on any atom is -0.772 e. The number of carbonyl (C=O) groups excluding carboxylic acids is 1. The van der Waals surface area contributed by atoms with E-state index in [4.69, 9.17) is 14.8 Å². The third-order valence-electron chi connectivity index (χ3n) is 5.58. The summed E-state index contributed by atoms with van der Waals surface area (Å²) < 4.78 is 26.3. The van der Waals surface area contributed by atoms with Crippen molar-refractivity contribution in [2.75, 3.05) is 13.7 Å². The number of nitrogens with one attached hydrogen (secondary N) is 1. The highest BCUT2D eigenvalue weighted by molar-refractivity contribution is 7.81. The predicted molar refractivity (Wildman–Crippen MR) is 109 cm³/mol. The van der Waals surface area contributed by atoms with Crippen LogP contribution in [0.4, 0.5) is 0 Å². The van der Waals surface area contributed by atoms with Crippen molar-refractivity contribution in [3.8, 4) is 11.8 Å². The molecule has 0 saturated heterocycles. The highest BCUT2D eigenvalue weighted by Crippen LogP contribution is 2.33. The number of oxime groups is 1. The lowest BCUT2D eigenvalue weighted by molar-refractivity contribution is -0.132. The van der Waals surface area contributed by atoms with E-state index in [9.17, 15) is 13.6 Å². The monoisotopic (exact) mass is 433 g/mol. The normalized spacial score (nSPS) is 25.6. The average molecular weight is 434 g/mol. The summed E-state index contributed by atoms with van der Waals surface area (Å²) in [5.74, 6) is 6.54. The highest BCUT2D eigenvalue weighted by Gasteiger charge is 2.40. The number of hydrogen-bond donors (Lipinski definition) is 2. The van der Waals surface area contributed by atoms with Crippen LogP contribution in [-0.2, 0) is 25.4 Å². The first kappa shape index (κ1) is 22.4. The van der Waals surface area contributed by atoms with Gasteiger partial charge in [-0.15, -0.1) is 0 Å². The van der Waals surface area contributed by atoms with Crippen LogP contribution < -0.4 is 5.48 Å². The Morgan fingerprint density at radius 1 is 1.43 bits per heavy atom. The fourth-order valence-corrected chi connectivity index (χ4v) is 4.17. The molecule has 0 spiro atoms. The largest absolute Gasteiger partial charge is 0.772 e. The van der Waals surface area contributed by atoms with E-state index in [1.165, 1.54) is 12.4 Å². The maximum atomic E-state index is 11.8. The Labute approximate surface area is 178 Å². The van der Waals surface area contributed by atoms with Crippen molar-refractivity contribution >= 4 is 22.7 Å². The van der Waals surface area contributed by atoms with Gasteiger partial charge >= 0.3 is 0 Å². The third-order valence-corrected chi connectivity index (χ3v) is 6.66. The van der Waals surface area contributed by atoms with Crippen LogP contribution in [0, 0.1) is 23.7 Å². The van der Waals surface area contributed by atoms with Gasteiger partial charge in [0.25, 0.3) is 5.91 Å². The summed E-state index contributed by atoms with van der Waals surface area (Å²) in [5.41, 5.74) is 3.84. The van der Waals surface area contributed by atoms with Gasteiger partial charge in [0.05, 0.1) is 5.71 Å². The SMILES string of the molecule is COCC1CC(C#Cc2ccc(C3=NO[C@@H](C[C@](C)(C(=O)NO)S(=O)[O-])C3)cc2)C1. The van der Waals surface area contributed by atoms with Crippen molar-refractivity contribution in [3.05, 3.63) is 35.4 Å². The second-order valence-corrected chi connectivity index (χ2v) is 9.29. The zero-order valence-corrected chi connectivity index (χ0v) is 17.7. The summed E-state index contributed by atoms with van der Waals surface area (Å²) in [7, 11) is 1.72. The number of nitrogens with zero attached hydrogens (tertiary/aromatic N) is 1. The zero-order chi connectivity index (χ0) is 21.7. The van der Waals surface area contributed by atoms with Crippen molar-refractivity contribution in [2.45, 2.75) is 43.5 Å². The van der Waals surface area contributed by atoms with Crippen LogP contribution >= 0.6 is 0 Å². The molecule has 1 fully saturated rings. The van der Waals surface area contributed by atoms with Crippen LogP contribution in [-0.4, -0.2) is 50.2 Å². The predicted octanol–water partition coefficient (Wildman–Crippen LogP) is 1.74. The topological polar surface area (TPSA) is 120 Å². The number of amides is 1. The van der Waals surface area contributed by atoms with Gasteiger partial charge in [-0.25, -0.2) is 5.48 Å². The molecule has 1 amide bonds. The molecule has 1 heterocycles. The molecule has 0 bridgehead atoms. The molecule has 30 heavy (non-hydrogen) atoms. The molecule has 0 radical (unpaired) electrons. The fraction of sp³-hybridized carbons (Fsp3) is 0.524. The van der Waals surface area contributed by atoms with E-state index in [0.717, 1.165) is 30.6 Å². The Kier molecular flexibility index (Phi) is 7.26. The molecule has 1 unspecified atom stereocenters. The molecular formula is C21H25N2O6S-. The van der Waals surface area contributed by atoms with Gasteiger partial charge in [-0.2, -0.15) is 0 Å². The second-order valence-electron chi connectivity index (χ2n) is 7.92. The molecule has 1 aliphatic heterocycles. The quantitative estimate of drug-likeness (QED) is 0.292. The molecule has 9 heteroatoms. The average Bonchev–Trinajstić information content (AvgIpc) is 3.17. The minimum absolute atomic E-state index is 0.127. The summed E-state index contributed by atoms with van der Waals surface area (Å²) in [4.78, 5) is 17.1. The van der Waals surface area contributed by atoms with E-state index in [2.05, 4.69) is 17.0 Å². The molecule has 3 rings (SSSR count). The van der Waals surface area contributed by atoms with Crippen molar-refractivity contribution in [2.24, 2.45) is 17.0 Å². The fourth-order valence-electron chi connectivity index (χ4n) is 3.65. The van der Waals surface area contributed by atoms with Crippen LogP contribution in [0.15, 0.2) is 29.4 Å². The maximum Gasteiger partial charge on any atom is 0.260 e. The molecule has 2 N–H and O–H groups in total. The summed E-state index contributed by atoms with van der Waals surface area (Å²) in [6.07, 6.45) is 1.81. The molecule has 8 nitrogen and oxygen atoms in total. The maximum absolute atomic E-state index is 11.8. The van der Waals surface area contributed by atoms with E-state index >= 15 is 0 Å². The van der Waals surface area contributed by atoms with Gasteiger partial charge in [0.15, 0.2) is 0 Å². The summed E-state index contributed by atoms with van der Waals surface area (Å²) >= 11 is -2.74. The molecule has 0 aromatic heterocycles. The van der Waals surface area contributed by atoms with E-state index < -0.39 is 27.8 Å². The second kappa shape index (κ2) is 9.71. The first-order valence-electron chi connectivity index (χ1n) is 9.73. The Morgan fingerprint density at radius 3 is 2.73 bits per heavy atom. The van der Waals surface area contributed by atoms with Crippen LogP contribution in [0.3, 0.4) is 0 Å². The Balaban J connectivity index is 1.56. The summed E-state index contributed by atoms with van der Waals surface area (Å²) in [6, 6.07) is 7.63.